The van der Waals surface area contributed by atoms with Gasteiger partial charge in [-0.15, -0.1) is 0 Å². The Bertz CT molecular complexity index is 1090. The Hall–Kier alpha value is -1.12. The number of carbonyl (C=O) groups is 2. The number of hydrogen-bond donors (Lipinski definition) is 0. The second-order valence-electron chi connectivity index (χ2n) is 5.57. The normalized spacial score (nSPS) is 11.3. The van der Waals surface area contributed by atoms with Gasteiger partial charge in [0.1, 0.15) is 20.0 Å². The minimum atomic E-state index is -4.78. The molecule has 12 heteroatoms. The molecule has 0 N–H and O–H groups in total. The van der Waals surface area contributed by atoms with E-state index in [-0.39, 0.29) is 67.4 Å². The van der Waals surface area contributed by atoms with Gasteiger partial charge >= 0.3 is 63.3 Å². The van der Waals surface area contributed by atoms with Gasteiger partial charge in [0.15, 0.2) is 0 Å². The van der Waals surface area contributed by atoms with Crippen molar-refractivity contribution in [2.45, 2.75) is 16.7 Å². The number of ether oxygens (including phenoxy) is 2. The fourth-order valence-electron chi connectivity index (χ4n) is 2.14. The summed E-state index contributed by atoms with van der Waals surface area (Å²) in [7, 11) is -7.21. The number of aryl methyl sites for hydroxylation is 1. The van der Waals surface area contributed by atoms with E-state index in [1.807, 2.05) is 0 Å². The van der Waals surface area contributed by atoms with Crippen LogP contribution in [0.2, 0.25) is 0 Å². The van der Waals surface area contributed by atoms with Gasteiger partial charge in [0, 0.05) is 4.90 Å². The summed E-state index contributed by atoms with van der Waals surface area (Å²) in [5.41, 5.74) is 0.203. The number of hydrogen-bond acceptors (Lipinski definition) is 8. The Morgan fingerprint density at radius 1 is 0.759 bits per heavy atom. The zero-order valence-electron chi connectivity index (χ0n) is 16.1. The van der Waals surface area contributed by atoms with Gasteiger partial charge in [0.2, 0.25) is 0 Å². The summed E-state index contributed by atoms with van der Waals surface area (Å²) in [6.07, 6.45) is 0. The van der Waals surface area contributed by atoms with E-state index in [4.69, 9.17) is 0 Å². The van der Waals surface area contributed by atoms with Crippen molar-refractivity contribution in [1.82, 2.24) is 0 Å². The molecule has 0 heterocycles. The maximum atomic E-state index is 12.6. The first-order valence-corrected chi connectivity index (χ1v) is 10.5. The number of carbonyl (C=O) groups excluding carboxylic acids is 2. The second kappa shape index (κ2) is 10.3. The Kier molecular flexibility index (Phi) is 9.17. The van der Waals surface area contributed by atoms with E-state index >= 15 is 0 Å². The Morgan fingerprint density at radius 2 is 1.17 bits per heavy atom. The topological polar surface area (TPSA) is 135 Å². The summed E-state index contributed by atoms with van der Waals surface area (Å²) in [5.74, 6) is -1.85. The fourth-order valence-corrected chi connectivity index (χ4v) is 4.90. The first kappa shape index (κ1) is 25.9. The van der Waals surface area contributed by atoms with Crippen LogP contribution in [-0.4, -0.2) is 43.0 Å². The van der Waals surface area contributed by atoms with Crippen molar-refractivity contribution in [1.29, 1.82) is 0 Å². The van der Waals surface area contributed by atoms with E-state index in [0.717, 1.165) is 38.0 Å². The molecular formula is C17H16KNO8S2. The van der Waals surface area contributed by atoms with Crippen LogP contribution in [0.25, 0.3) is 4.13 Å². The second-order valence-corrected chi connectivity index (χ2v) is 9.01. The number of nitrogens with zero attached hydrogens (tertiary/aromatic N) is 1. The predicted octanol–water partition coefficient (Wildman–Crippen LogP) is -0.976. The summed E-state index contributed by atoms with van der Waals surface area (Å²) in [5, 5.41) is 0. The van der Waals surface area contributed by atoms with E-state index in [1.54, 1.807) is 6.92 Å². The van der Waals surface area contributed by atoms with Crippen LogP contribution in [0.15, 0.2) is 52.3 Å². The van der Waals surface area contributed by atoms with Crippen molar-refractivity contribution >= 4 is 32.0 Å². The number of esters is 2. The van der Waals surface area contributed by atoms with Crippen molar-refractivity contribution < 1.29 is 87.3 Å². The van der Waals surface area contributed by atoms with Gasteiger partial charge in [0.05, 0.1) is 30.2 Å². The minimum Gasteiger partial charge on any atom is -0.465 e. The summed E-state index contributed by atoms with van der Waals surface area (Å²) in [4.78, 5) is 22.6. The molecule has 9 nitrogen and oxygen atoms in total. The van der Waals surface area contributed by atoms with Gasteiger partial charge in [-0.05, 0) is 37.3 Å². The molecule has 2 rings (SSSR count). The number of benzene rings is 2. The zero-order valence-corrected chi connectivity index (χ0v) is 20.8. The fraction of sp³-hybridized carbons (Fsp3) is 0.176. The molecule has 0 atom stereocenters. The van der Waals surface area contributed by atoms with Crippen LogP contribution < -0.4 is 51.4 Å². The summed E-state index contributed by atoms with van der Waals surface area (Å²) in [6, 6.07) is 8.20. The van der Waals surface area contributed by atoms with Crippen LogP contribution in [0.1, 0.15) is 26.3 Å². The van der Waals surface area contributed by atoms with Gasteiger partial charge in [-0.3, -0.25) is 0 Å². The molecule has 0 aliphatic heterocycles. The molecule has 0 saturated carbocycles. The third-order valence-electron chi connectivity index (χ3n) is 3.56. The molecule has 0 saturated heterocycles. The van der Waals surface area contributed by atoms with Gasteiger partial charge < -0.3 is 13.6 Å². The Morgan fingerprint density at radius 3 is 1.59 bits per heavy atom. The average Bonchev–Trinajstić information content (AvgIpc) is 2.65. The number of rotatable bonds is 6. The molecule has 150 valence electrons. The molecule has 0 aromatic heterocycles. The van der Waals surface area contributed by atoms with Gasteiger partial charge in [0.25, 0.3) is 0 Å². The monoisotopic (exact) mass is 465 g/mol. The van der Waals surface area contributed by atoms with E-state index in [0.29, 0.717) is 0 Å². The van der Waals surface area contributed by atoms with Crippen molar-refractivity contribution in [2.75, 3.05) is 14.2 Å². The Balaban J connectivity index is 0.00000420. The molecule has 0 aliphatic carbocycles. The quantitative estimate of drug-likeness (QED) is 0.393. The molecule has 0 bridgehead atoms. The van der Waals surface area contributed by atoms with E-state index < -0.39 is 36.9 Å². The predicted molar refractivity (Wildman–Crippen MR) is 98.0 cm³/mol. The van der Waals surface area contributed by atoms with Crippen LogP contribution in [0.5, 0.6) is 0 Å². The van der Waals surface area contributed by atoms with Crippen LogP contribution in [-0.2, 0) is 29.5 Å². The first-order valence-electron chi connectivity index (χ1n) is 7.63. The molecule has 0 unspecified atom stereocenters. The minimum absolute atomic E-state index is 0. The van der Waals surface area contributed by atoms with Crippen LogP contribution in [0.3, 0.4) is 0 Å². The van der Waals surface area contributed by atoms with E-state index in [1.165, 1.54) is 24.3 Å². The van der Waals surface area contributed by atoms with Crippen molar-refractivity contribution in [3.05, 3.63) is 63.3 Å². The Labute approximate surface area is 211 Å². The SMILES string of the molecule is COC(=O)c1cc(C(=O)OC)cc(S(=O)(=O)[N-]S(=O)(=O)c2ccc(C)cc2)c1.[K+]. The van der Waals surface area contributed by atoms with Crippen molar-refractivity contribution in [3.63, 3.8) is 0 Å². The first-order chi connectivity index (χ1) is 13.0. The summed E-state index contributed by atoms with van der Waals surface area (Å²) >= 11 is 0. The third kappa shape index (κ3) is 6.43. The summed E-state index contributed by atoms with van der Waals surface area (Å²) < 4.78 is 61.9. The molecule has 0 spiro atoms. The van der Waals surface area contributed by atoms with Crippen LogP contribution >= 0.6 is 0 Å². The van der Waals surface area contributed by atoms with Crippen molar-refractivity contribution in [2.24, 2.45) is 0 Å². The molecule has 2 aromatic carbocycles. The maximum Gasteiger partial charge on any atom is 1.00 e. The molecule has 0 fully saturated rings. The van der Waals surface area contributed by atoms with Crippen molar-refractivity contribution in [3.8, 4) is 0 Å². The van der Waals surface area contributed by atoms with Gasteiger partial charge in [-0.25, -0.2) is 26.4 Å². The third-order valence-corrected chi connectivity index (χ3v) is 6.83. The van der Waals surface area contributed by atoms with E-state index in [2.05, 4.69) is 13.6 Å². The zero-order chi connectivity index (χ0) is 21.1. The molecule has 0 amide bonds. The largest absolute Gasteiger partial charge is 1.00 e. The maximum absolute atomic E-state index is 12.6. The van der Waals surface area contributed by atoms with Crippen LogP contribution in [0, 0.1) is 6.92 Å². The summed E-state index contributed by atoms with van der Waals surface area (Å²) in [6.45, 7) is 1.73. The molecule has 0 aliphatic rings. The smallest absolute Gasteiger partial charge is 0.465 e. The van der Waals surface area contributed by atoms with Crippen LogP contribution in [0.4, 0.5) is 0 Å². The van der Waals surface area contributed by atoms with Gasteiger partial charge in [-0.2, -0.15) is 0 Å². The standard InChI is InChI=1S/C17H16NO8S2.K/c1-11-4-6-14(7-5-11)27(21,22)18-28(23,24)15-9-12(16(19)25-2)8-13(10-15)17(20)26-3;/h4-10H,1-3H3;/q-1;+1. The number of sulfonamides is 2. The molecule has 0 radical (unpaired) electrons. The van der Waals surface area contributed by atoms with E-state index in [9.17, 15) is 26.4 Å². The average molecular weight is 466 g/mol. The van der Waals surface area contributed by atoms with Gasteiger partial charge in [-0.1, -0.05) is 17.7 Å². The molecule has 2 aromatic rings. The molecular weight excluding hydrogens is 449 g/mol. The molecule has 29 heavy (non-hydrogen) atoms. The number of methoxy groups -OCH3 is 2.